The summed E-state index contributed by atoms with van der Waals surface area (Å²) in [5, 5.41) is 10.7. The lowest BCUT2D eigenvalue weighted by atomic mass is 9.88. The highest BCUT2D eigenvalue weighted by Crippen LogP contribution is 2.30. The minimum absolute atomic E-state index is 0.0838. The Morgan fingerprint density at radius 1 is 1.33 bits per heavy atom. The summed E-state index contributed by atoms with van der Waals surface area (Å²) in [5.41, 5.74) is -1.49. The molecule has 0 heterocycles. The topological polar surface area (TPSA) is 86.5 Å². The molecule has 21 heavy (non-hydrogen) atoms. The van der Waals surface area contributed by atoms with E-state index in [0.29, 0.717) is 0 Å². The van der Waals surface area contributed by atoms with E-state index in [-0.39, 0.29) is 16.2 Å². The number of halogens is 1. The summed E-state index contributed by atoms with van der Waals surface area (Å²) in [6.45, 7) is 8.74. The van der Waals surface area contributed by atoms with Gasteiger partial charge in [-0.2, -0.15) is 0 Å². The van der Waals surface area contributed by atoms with E-state index in [1.807, 2.05) is 0 Å². The van der Waals surface area contributed by atoms with Crippen molar-refractivity contribution in [2.45, 2.75) is 20.8 Å². The monoisotopic (exact) mass is 311 g/mol. The number of nitro groups is 1. The summed E-state index contributed by atoms with van der Waals surface area (Å²) >= 11 is 5.69. The number of carbonyl (C=O) groups is 2. The summed E-state index contributed by atoms with van der Waals surface area (Å²) in [5.74, 6) is -2.07. The van der Waals surface area contributed by atoms with Gasteiger partial charge in [0.25, 0.3) is 0 Å². The molecule has 1 aromatic rings. The molecule has 0 fully saturated rings. The van der Waals surface area contributed by atoms with Crippen molar-refractivity contribution in [1.29, 1.82) is 0 Å². The van der Waals surface area contributed by atoms with Crippen LogP contribution in [0.4, 0.5) is 5.69 Å². The van der Waals surface area contributed by atoms with Crippen LogP contribution in [0.1, 0.15) is 31.1 Å². The second kappa shape index (κ2) is 6.05. The molecule has 0 aliphatic rings. The number of hydrogen-bond donors (Lipinski definition) is 0. The van der Waals surface area contributed by atoms with Crippen molar-refractivity contribution in [3.63, 3.8) is 0 Å². The maximum atomic E-state index is 11.9. The van der Waals surface area contributed by atoms with Gasteiger partial charge in [0.2, 0.25) is 0 Å². The van der Waals surface area contributed by atoms with Crippen LogP contribution < -0.4 is 0 Å². The summed E-state index contributed by atoms with van der Waals surface area (Å²) in [6.07, 6.45) is 0. The van der Waals surface area contributed by atoms with Gasteiger partial charge in [0.1, 0.15) is 10.6 Å². The van der Waals surface area contributed by atoms with Gasteiger partial charge in [-0.3, -0.25) is 10.1 Å². The van der Waals surface area contributed by atoms with Gasteiger partial charge >= 0.3 is 17.6 Å². The minimum Gasteiger partial charge on any atom is -0.386 e. The van der Waals surface area contributed by atoms with Crippen LogP contribution in [0.15, 0.2) is 30.4 Å². The predicted octanol–water partition coefficient (Wildman–Crippen LogP) is 3.53. The highest BCUT2D eigenvalue weighted by Gasteiger charge is 2.29. The number of carbonyl (C=O) groups excluding carboxylic acids is 2. The van der Waals surface area contributed by atoms with Crippen molar-refractivity contribution in [2.75, 3.05) is 0 Å². The first-order valence-corrected chi connectivity index (χ1v) is 6.32. The minimum atomic E-state index is -1.14. The maximum Gasteiger partial charge on any atom is 0.353 e. The van der Waals surface area contributed by atoms with Crippen LogP contribution in [0.3, 0.4) is 0 Å². The molecule has 1 rings (SSSR count). The molecule has 7 heteroatoms. The molecule has 1 aromatic carbocycles. The summed E-state index contributed by atoms with van der Waals surface area (Å²) < 4.78 is 4.63. The smallest absolute Gasteiger partial charge is 0.353 e. The van der Waals surface area contributed by atoms with E-state index in [4.69, 9.17) is 11.6 Å². The Bertz CT molecular complexity index is 631. The first-order valence-electron chi connectivity index (χ1n) is 5.94. The standard InChI is InChI=1S/C14H14ClNO5/c1-8(14(2,3)4)12(17)21-13(18)9-6-5-7-10(15)11(9)16(19)20/h5-7H,1H2,2-4H3. The molecule has 0 amide bonds. The van der Waals surface area contributed by atoms with Crippen molar-refractivity contribution in [3.8, 4) is 0 Å². The van der Waals surface area contributed by atoms with Crippen molar-refractivity contribution < 1.29 is 19.2 Å². The molecule has 0 atom stereocenters. The van der Waals surface area contributed by atoms with Gasteiger partial charge in [0.05, 0.1) is 4.92 Å². The van der Waals surface area contributed by atoms with E-state index in [9.17, 15) is 19.7 Å². The lowest BCUT2D eigenvalue weighted by Gasteiger charge is -2.19. The van der Waals surface area contributed by atoms with E-state index >= 15 is 0 Å². The van der Waals surface area contributed by atoms with Crippen molar-refractivity contribution in [1.82, 2.24) is 0 Å². The molecule has 0 saturated carbocycles. The fourth-order valence-electron chi connectivity index (χ4n) is 1.37. The van der Waals surface area contributed by atoms with E-state index in [1.54, 1.807) is 20.8 Å². The Morgan fingerprint density at radius 3 is 2.38 bits per heavy atom. The third-order valence-corrected chi connectivity index (χ3v) is 3.03. The second-order valence-electron chi connectivity index (χ2n) is 5.30. The molecule has 0 N–H and O–H groups in total. The van der Waals surface area contributed by atoms with Crippen LogP contribution in [0.25, 0.3) is 0 Å². The molecule has 0 aliphatic heterocycles. The molecule has 0 radical (unpaired) electrons. The van der Waals surface area contributed by atoms with Gasteiger partial charge in [-0.1, -0.05) is 45.0 Å². The fraction of sp³-hybridized carbons (Fsp3) is 0.286. The maximum absolute atomic E-state index is 11.9. The van der Waals surface area contributed by atoms with Crippen molar-refractivity contribution >= 4 is 29.2 Å². The quantitative estimate of drug-likeness (QED) is 0.280. The lowest BCUT2D eigenvalue weighted by Crippen LogP contribution is -2.22. The number of ether oxygens (including phenoxy) is 1. The molecule has 0 spiro atoms. The molecule has 0 bridgehead atoms. The zero-order valence-corrected chi connectivity index (χ0v) is 12.6. The number of para-hydroxylation sites is 1. The van der Waals surface area contributed by atoms with Crippen LogP contribution >= 0.6 is 11.6 Å². The van der Waals surface area contributed by atoms with Crippen LogP contribution in [0.5, 0.6) is 0 Å². The average molecular weight is 312 g/mol. The van der Waals surface area contributed by atoms with E-state index in [1.165, 1.54) is 18.2 Å². The normalized spacial score (nSPS) is 10.9. The van der Waals surface area contributed by atoms with Crippen LogP contribution in [0.2, 0.25) is 5.02 Å². The fourth-order valence-corrected chi connectivity index (χ4v) is 1.62. The number of benzene rings is 1. The first kappa shape index (κ1) is 16.8. The Hall–Kier alpha value is -2.21. The third kappa shape index (κ3) is 3.88. The zero-order chi connectivity index (χ0) is 16.4. The Morgan fingerprint density at radius 2 is 1.90 bits per heavy atom. The number of rotatable bonds is 3. The third-order valence-electron chi connectivity index (χ3n) is 2.73. The van der Waals surface area contributed by atoms with Crippen LogP contribution in [-0.4, -0.2) is 16.9 Å². The summed E-state index contributed by atoms with van der Waals surface area (Å²) in [4.78, 5) is 33.8. The molecular weight excluding hydrogens is 298 g/mol. The van der Waals surface area contributed by atoms with E-state index in [2.05, 4.69) is 11.3 Å². The van der Waals surface area contributed by atoms with Gasteiger partial charge in [-0.25, -0.2) is 9.59 Å². The number of hydrogen-bond acceptors (Lipinski definition) is 5. The molecule has 6 nitrogen and oxygen atoms in total. The van der Waals surface area contributed by atoms with Gasteiger partial charge in [0, 0.05) is 5.57 Å². The van der Waals surface area contributed by atoms with Crippen LogP contribution in [0, 0.1) is 15.5 Å². The van der Waals surface area contributed by atoms with E-state index < -0.39 is 28.0 Å². The van der Waals surface area contributed by atoms with Gasteiger partial charge in [-0.15, -0.1) is 0 Å². The van der Waals surface area contributed by atoms with Crippen molar-refractivity contribution in [3.05, 3.63) is 51.1 Å². The molecule has 0 aromatic heterocycles. The molecule has 0 aliphatic carbocycles. The van der Waals surface area contributed by atoms with Gasteiger partial charge < -0.3 is 4.74 Å². The highest BCUT2D eigenvalue weighted by molar-refractivity contribution is 6.33. The Balaban J connectivity index is 3.07. The summed E-state index contributed by atoms with van der Waals surface area (Å²) in [7, 11) is 0. The summed E-state index contributed by atoms with van der Waals surface area (Å²) in [6, 6.07) is 3.79. The molecule has 0 saturated heterocycles. The Kier molecular flexibility index (Phi) is 4.85. The van der Waals surface area contributed by atoms with Gasteiger partial charge in [-0.05, 0) is 17.5 Å². The molecular formula is C14H14ClNO5. The van der Waals surface area contributed by atoms with E-state index in [0.717, 1.165) is 0 Å². The van der Waals surface area contributed by atoms with Crippen molar-refractivity contribution in [2.24, 2.45) is 5.41 Å². The first-order chi connectivity index (χ1) is 9.55. The SMILES string of the molecule is C=C(C(=O)OC(=O)c1cccc(Cl)c1[N+](=O)[O-])C(C)(C)C. The largest absolute Gasteiger partial charge is 0.386 e. The number of nitro benzene ring substituents is 1. The second-order valence-corrected chi connectivity index (χ2v) is 5.71. The number of esters is 2. The molecule has 112 valence electrons. The molecule has 0 unspecified atom stereocenters. The Labute approximate surface area is 126 Å². The number of nitrogens with zero attached hydrogens (tertiary/aromatic N) is 1. The van der Waals surface area contributed by atoms with Crippen LogP contribution in [-0.2, 0) is 9.53 Å². The predicted molar refractivity (Wildman–Crippen MR) is 77.1 cm³/mol. The average Bonchev–Trinajstić information content (AvgIpc) is 2.35. The zero-order valence-electron chi connectivity index (χ0n) is 11.8. The lowest BCUT2D eigenvalue weighted by molar-refractivity contribution is -0.385. The highest BCUT2D eigenvalue weighted by atomic mass is 35.5. The van der Waals surface area contributed by atoms with Gasteiger partial charge in [0.15, 0.2) is 0 Å².